The molecule has 0 fully saturated rings. The van der Waals surface area contributed by atoms with Crippen molar-refractivity contribution in [1.29, 1.82) is 0 Å². The van der Waals surface area contributed by atoms with Crippen molar-refractivity contribution in [2.24, 2.45) is 7.05 Å². The third-order valence-electron chi connectivity index (χ3n) is 3.01. The standard InChI is InChI=1S/C15H19ClN4O2/c1-11(22-13-5-3-4-12(16)8-13)9-18-15(21)19-10-14-17-6-7-20(14)2/h3-8,11H,9-10H2,1-2H3,(H2,18,19,21)/t11-/m1/s1. The second kappa shape index (κ2) is 7.70. The number of hydrogen-bond acceptors (Lipinski definition) is 3. The Balaban J connectivity index is 1.70. The maximum atomic E-state index is 11.7. The Morgan fingerprint density at radius 1 is 1.45 bits per heavy atom. The normalized spacial score (nSPS) is 11.8. The SMILES string of the molecule is C[C@H](CNC(=O)NCc1nccn1C)Oc1cccc(Cl)c1. The van der Waals surface area contributed by atoms with E-state index in [9.17, 15) is 4.79 Å². The lowest BCUT2D eigenvalue weighted by Gasteiger charge is -2.16. The first kappa shape index (κ1) is 16.2. The molecule has 6 nitrogen and oxygen atoms in total. The Labute approximate surface area is 134 Å². The molecule has 0 bridgehead atoms. The quantitative estimate of drug-likeness (QED) is 0.857. The predicted octanol–water partition coefficient (Wildman–Crippen LogP) is 2.34. The molecule has 0 aliphatic carbocycles. The van der Waals surface area contributed by atoms with Crippen LogP contribution < -0.4 is 15.4 Å². The molecule has 1 aromatic heterocycles. The van der Waals surface area contributed by atoms with Crippen molar-refractivity contribution in [3.05, 3.63) is 47.5 Å². The highest BCUT2D eigenvalue weighted by molar-refractivity contribution is 6.30. The van der Waals surface area contributed by atoms with Crippen LogP contribution in [0.4, 0.5) is 4.79 Å². The largest absolute Gasteiger partial charge is 0.489 e. The van der Waals surface area contributed by atoms with Crippen molar-refractivity contribution in [2.75, 3.05) is 6.54 Å². The number of rotatable bonds is 6. The summed E-state index contributed by atoms with van der Waals surface area (Å²) in [6.07, 6.45) is 3.35. The molecular weight excluding hydrogens is 304 g/mol. The van der Waals surface area contributed by atoms with Gasteiger partial charge in [0.25, 0.3) is 0 Å². The lowest BCUT2D eigenvalue weighted by Crippen LogP contribution is -2.40. The third kappa shape index (κ3) is 4.96. The summed E-state index contributed by atoms with van der Waals surface area (Å²) < 4.78 is 7.52. The molecule has 0 unspecified atom stereocenters. The maximum Gasteiger partial charge on any atom is 0.315 e. The molecule has 2 amide bonds. The van der Waals surface area contributed by atoms with Crippen LogP contribution in [0.1, 0.15) is 12.7 Å². The molecule has 0 radical (unpaired) electrons. The zero-order valence-electron chi connectivity index (χ0n) is 12.5. The fourth-order valence-electron chi connectivity index (χ4n) is 1.84. The lowest BCUT2D eigenvalue weighted by molar-refractivity contribution is 0.207. The van der Waals surface area contributed by atoms with Crippen molar-refractivity contribution in [3.8, 4) is 5.75 Å². The zero-order chi connectivity index (χ0) is 15.9. The topological polar surface area (TPSA) is 68.2 Å². The van der Waals surface area contributed by atoms with Crippen LogP contribution in [0.3, 0.4) is 0 Å². The number of imidazole rings is 1. The minimum atomic E-state index is -0.260. The van der Waals surface area contributed by atoms with Crippen molar-refractivity contribution >= 4 is 17.6 Å². The molecule has 2 N–H and O–H groups in total. The summed E-state index contributed by atoms with van der Waals surface area (Å²) in [6, 6.07) is 6.90. The van der Waals surface area contributed by atoms with E-state index in [0.29, 0.717) is 23.9 Å². The van der Waals surface area contributed by atoms with Gasteiger partial charge in [-0.25, -0.2) is 9.78 Å². The summed E-state index contributed by atoms with van der Waals surface area (Å²) >= 11 is 5.89. The van der Waals surface area contributed by atoms with Crippen LogP contribution in [-0.2, 0) is 13.6 Å². The second-order valence-electron chi connectivity index (χ2n) is 4.90. The van der Waals surface area contributed by atoms with E-state index in [2.05, 4.69) is 15.6 Å². The molecular formula is C15H19ClN4O2. The summed E-state index contributed by atoms with van der Waals surface area (Å²) in [6.45, 7) is 2.64. The van der Waals surface area contributed by atoms with E-state index < -0.39 is 0 Å². The first-order chi connectivity index (χ1) is 10.5. The molecule has 7 heteroatoms. The first-order valence-electron chi connectivity index (χ1n) is 6.94. The number of ether oxygens (including phenoxy) is 1. The number of carbonyl (C=O) groups is 1. The predicted molar refractivity (Wildman–Crippen MR) is 85.0 cm³/mol. The molecule has 0 spiro atoms. The summed E-state index contributed by atoms with van der Waals surface area (Å²) in [5.41, 5.74) is 0. The van der Waals surface area contributed by atoms with Gasteiger partial charge in [-0.05, 0) is 25.1 Å². The van der Waals surface area contributed by atoms with Gasteiger partial charge in [0.2, 0.25) is 0 Å². The molecule has 2 aromatic rings. The van der Waals surface area contributed by atoms with Gasteiger partial charge in [-0.3, -0.25) is 0 Å². The number of aryl methyl sites for hydroxylation is 1. The van der Waals surface area contributed by atoms with E-state index in [0.717, 1.165) is 5.82 Å². The van der Waals surface area contributed by atoms with Crippen molar-refractivity contribution in [1.82, 2.24) is 20.2 Å². The van der Waals surface area contributed by atoms with Gasteiger partial charge in [0.05, 0.1) is 13.1 Å². The highest BCUT2D eigenvalue weighted by Crippen LogP contribution is 2.18. The minimum absolute atomic E-state index is 0.169. The van der Waals surface area contributed by atoms with E-state index in [-0.39, 0.29) is 12.1 Å². The number of benzene rings is 1. The number of nitrogens with one attached hydrogen (secondary N) is 2. The number of nitrogens with zero attached hydrogens (tertiary/aromatic N) is 2. The fraction of sp³-hybridized carbons (Fsp3) is 0.333. The summed E-state index contributed by atoms with van der Waals surface area (Å²) in [7, 11) is 1.88. The number of urea groups is 1. The van der Waals surface area contributed by atoms with Gasteiger partial charge in [0.1, 0.15) is 17.7 Å². The maximum absolute atomic E-state index is 11.7. The molecule has 0 aliphatic heterocycles. The van der Waals surface area contributed by atoms with Gasteiger partial charge in [0, 0.05) is 24.5 Å². The Morgan fingerprint density at radius 2 is 2.27 bits per heavy atom. The smallest absolute Gasteiger partial charge is 0.315 e. The van der Waals surface area contributed by atoms with Crippen LogP contribution in [0.15, 0.2) is 36.7 Å². The molecule has 118 valence electrons. The summed E-state index contributed by atoms with van der Waals surface area (Å²) in [5, 5.41) is 6.11. The van der Waals surface area contributed by atoms with Gasteiger partial charge in [-0.15, -0.1) is 0 Å². The monoisotopic (exact) mass is 322 g/mol. The van der Waals surface area contributed by atoms with Crippen LogP contribution in [0, 0.1) is 0 Å². The van der Waals surface area contributed by atoms with Gasteiger partial charge in [-0.1, -0.05) is 17.7 Å². The van der Waals surface area contributed by atoms with Gasteiger partial charge in [0.15, 0.2) is 0 Å². The second-order valence-corrected chi connectivity index (χ2v) is 5.34. The lowest BCUT2D eigenvalue weighted by atomic mass is 10.3. The summed E-state index contributed by atoms with van der Waals surface area (Å²) in [5.74, 6) is 1.47. The average molecular weight is 323 g/mol. The van der Waals surface area contributed by atoms with Gasteiger partial charge >= 0.3 is 6.03 Å². The number of carbonyl (C=O) groups excluding carboxylic acids is 1. The highest BCUT2D eigenvalue weighted by atomic mass is 35.5. The van der Waals surface area contributed by atoms with E-state index in [4.69, 9.17) is 16.3 Å². The zero-order valence-corrected chi connectivity index (χ0v) is 13.3. The molecule has 0 saturated carbocycles. The molecule has 1 atom stereocenters. The Kier molecular flexibility index (Phi) is 5.66. The number of hydrogen-bond donors (Lipinski definition) is 2. The molecule has 2 rings (SSSR count). The van der Waals surface area contributed by atoms with E-state index in [1.165, 1.54) is 0 Å². The van der Waals surface area contributed by atoms with Crippen molar-refractivity contribution in [3.63, 3.8) is 0 Å². The molecule has 1 aromatic carbocycles. The molecule has 22 heavy (non-hydrogen) atoms. The van der Waals surface area contributed by atoms with Gasteiger partial charge in [-0.2, -0.15) is 0 Å². The number of aromatic nitrogens is 2. The summed E-state index contributed by atoms with van der Waals surface area (Å²) in [4.78, 5) is 15.9. The molecule has 0 saturated heterocycles. The molecule has 1 heterocycles. The van der Waals surface area contributed by atoms with Crippen LogP contribution in [-0.4, -0.2) is 28.2 Å². The van der Waals surface area contributed by atoms with Crippen molar-refractivity contribution in [2.45, 2.75) is 19.6 Å². The van der Waals surface area contributed by atoms with Crippen LogP contribution in [0.25, 0.3) is 0 Å². The first-order valence-corrected chi connectivity index (χ1v) is 7.32. The Morgan fingerprint density at radius 3 is 2.95 bits per heavy atom. The van der Waals surface area contributed by atoms with Gasteiger partial charge < -0.3 is 19.9 Å². The number of halogens is 1. The van der Waals surface area contributed by atoms with E-state index >= 15 is 0 Å². The number of amides is 2. The van der Waals surface area contributed by atoms with E-state index in [1.54, 1.807) is 18.3 Å². The average Bonchev–Trinajstić information content (AvgIpc) is 2.88. The Bertz CT molecular complexity index is 630. The fourth-order valence-corrected chi connectivity index (χ4v) is 2.02. The van der Waals surface area contributed by atoms with Crippen molar-refractivity contribution < 1.29 is 9.53 Å². The third-order valence-corrected chi connectivity index (χ3v) is 3.25. The molecule has 0 aliphatic rings. The minimum Gasteiger partial charge on any atom is -0.489 e. The van der Waals surface area contributed by atoms with Crippen LogP contribution >= 0.6 is 11.6 Å². The van der Waals surface area contributed by atoms with Crippen LogP contribution in [0.2, 0.25) is 5.02 Å². The Hall–Kier alpha value is -2.21. The highest BCUT2D eigenvalue weighted by Gasteiger charge is 2.08. The van der Waals surface area contributed by atoms with Crippen LogP contribution in [0.5, 0.6) is 5.75 Å². The van der Waals surface area contributed by atoms with E-state index in [1.807, 2.05) is 36.9 Å².